The monoisotopic (exact) mass is 1230 g/mol. The molecule has 0 aliphatic rings. The maximum absolute atomic E-state index is 4.43. The van der Waals surface area contributed by atoms with Crippen molar-refractivity contribution in [3.63, 3.8) is 0 Å². The molecule has 0 saturated heterocycles. The molecule has 13 aromatic rings. The lowest BCUT2D eigenvalue weighted by Crippen LogP contribution is -2.31. The first-order valence-electron chi connectivity index (χ1n) is 31.9. The molecule has 0 radical (unpaired) electrons. The number of rotatable bonds is 7. The number of aromatic nitrogens is 9. The Morgan fingerprint density at radius 3 is 1.26 bits per heavy atom. The zero-order chi connectivity index (χ0) is 66.7. The summed E-state index contributed by atoms with van der Waals surface area (Å²) in [6.07, 6.45) is 18.5. The molecule has 0 aliphatic heterocycles. The average molecular weight is 1230 g/mol. The van der Waals surface area contributed by atoms with Gasteiger partial charge in [-0.05, 0) is 169 Å². The van der Waals surface area contributed by atoms with Crippen molar-refractivity contribution in [2.45, 2.75) is 69.2 Å². The van der Waals surface area contributed by atoms with Crippen LogP contribution in [0, 0.1) is 69.2 Å². The summed E-state index contributed by atoms with van der Waals surface area (Å²) in [5.74, 6) is 2.01. The van der Waals surface area contributed by atoms with Crippen LogP contribution in [0.25, 0.3) is 73.6 Å². The summed E-state index contributed by atoms with van der Waals surface area (Å²) in [6, 6.07) is 74.1. The molecule has 0 fully saturated rings. The molecule has 0 bridgehead atoms. The second kappa shape index (κ2) is 32.5. The summed E-state index contributed by atoms with van der Waals surface area (Å²) >= 11 is 0. The van der Waals surface area contributed by atoms with Crippen molar-refractivity contribution in [2.75, 3.05) is 0 Å². The van der Waals surface area contributed by atoms with E-state index >= 15 is 0 Å². The van der Waals surface area contributed by atoms with Gasteiger partial charge in [0.15, 0.2) is 31.0 Å². The first-order valence-corrected chi connectivity index (χ1v) is 31.9. The Morgan fingerprint density at radius 2 is 0.753 bits per heavy atom. The van der Waals surface area contributed by atoms with Gasteiger partial charge in [0, 0.05) is 106 Å². The summed E-state index contributed by atoms with van der Waals surface area (Å²) in [7, 11) is 14.5. The van der Waals surface area contributed by atoms with Crippen molar-refractivity contribution in [1.82, 2.24) is 14.1 Å². The third-order valence-electron chi connectivity index (χ3n) is 16.9. The zero-order valence-electron chi connectivity index (χ0n) is 57.9. The highest BCUT2D eigenvalue weighted by Crippen LogP contribution is 2.26. The second-order valence-corrected chi connectivity index (χ2v) is 24.3. The molecule has 0 aliphatic carbocycles. The van der Waals surface area contributed by atoms with E-state index in [0.29, 0.717) is 0 Å². The van der Waals surface area contributed by atoms with Gasteiger partial charge in [0.25, 0.3) is 0 Å². The van der Waals surface area contributed by atoms with E-state index in [9.17, 15) is 0 Å². The van der Waals surface area contributed by atoms with Gasteiger partial charge in [-0.2, -0.15) is 4.57 Å². The molecule has 7 aromatic heterocycles. The topological polar surface area (TPSA) is 46.0 Å². The van der Waals surface area contributed by atoms with Crippen molar-refractivity contribution < 1.29 is 27.4 Å². The maximum atomic E-state index is 4.43. The van der Waals surface area contributed by atoms with E-state index in [0.717, 1.165) is 17.3 Å². The molecule has 13 rings (SSSR count). The molecular formula is C84H95N9+6. The molecule has 9 heteroatoms. The second-order valence-electron chi connectivity index (χ2n) is 24.3. The van der Waals surface area contributed by atoms with Crippen molar-refractivity contribution >= 4 is 0 Å². The molecule has 470 valence electrons. The average Bonchev–Trinajstić information content (AvgIpc) is 1.71. The Hall–Kier alpha value is -10.5. The molecule has 9 nitrogen and oxygen atoms in total. The van der Waals surface area contributed by atoms with Crippen molar-refractivity contribution in [1.29, 1.82) is 0 Å². The van der Waals surface area contributed by atoms with Crippen LogP contribution in [-0.2, 0) is 49.3 Å². The maximum Gasteiger partial charge on any atom is 0.330 e. The van der Waals surface area contributed by atoms with Crippen LogP contribution in [0.15, 0.2) is 268 Å². The normalized spacial score (nSPS) is 10.4. The van der Waals surface area contributed by atoms with Gasteiger partial charge >= 0.3 is 5.82 Å². The summed E-state index contributed by atoms with van der Waals surface area (Å²) in [6.45, 7) is 21.5. The van der Waals surface area contributed by atoms with E-state index < -0.39 is 0 Å². The summed E-state index contributed by atoms with van der Waals surface area (Å²) < 4.78 is 17.1. The minimum atomic E-state index is 0.950. The Labute approximate surface area is 554 Å². The summed E-state index contributed by atoms with van der Waals surface area (Å²) in [5, 5.41) is 0. The molecule has 0 unspecified atom stereocenters. The van der Waals surface area contributed by atoms with Gasteiger partial charge in [-0.3, -0.25) is 0 Å². The Bertz CT molecular complexity index is 4540. The van der Waals surface area contributed by atoms with Crippen LogP contribution in [0.3, 0.4) is 0 Å². The fourth-order valence-electron chi connectivity index (χ4n) is 11.5. The zero-order valence-corrected chi connectivity index (χ0v) is 57.9. The number of nitrogens with zero attached hydrogens (tertiary/aromatic N) is 9. The quantitative estimate of drug-likeness (QED) is 0.147. The van der Waals surface area contributed by atoms with E-state index in [2.05, 4.69) is 367 Å². The van der Waals surface area contributed by atoms with Crippen LogP contribution < -0.4 is 27.4 Å². The standard InChI is InChI=1S/C15H18N.C14H15N4.3C14H16N.C13H14N/c1-11-7-5-6-8-14(11)15-9-12(2)13(3)10-16(15)4;1-16-9-8-15-13(16)14-17(2)10-11-18(14)12-6-4-3-5-7-12;1-11-7-4-5-9-13(11)14-12(2)8-6-10-15(14)3;1-11-8-9-15(3)14(10-11)13-7-5-4-6-12(13)2;1-11-8-9-14(15(3)10-11)13-7-5-4-6-12(13)2;1-11-7-3-4-8-12(11)13-9-5-6-10-14(13)2/h5-10H,1-4H3;3-11H,1-2H3;3*4-10H,1-3H3;3-10H,1-2H3/q6*+1. The Kier molecular flexibility index (Phi) is 23.9. The minimum absolute atomic E-state index is 0.950. The first-order chi connectivity index (χ1) is 44.7. The number of imidazole rings is 2. The lowest BCUT2D eigenvalue weighted by Gasteiger charge is -2.06. The lowest BCUT2D eigenvalue weighted by atomic mass is 10.0. The smallest absolute Gasteiger partial charge is 0.328 e. The number of pyridine rings is 5. The van der Waals surface area contributed by atoms with Gasteiger partial charge in [0.2, 0.25) is 34.3 Å². The number of benzene rings is 6. The van der Waals surface area contributed by atoms with Crippen LogP contribution in [0.5, 0.6) is 0 Å². The van der Waals surface area contributed by atoms with Gasteiger partial charge in [-0.15, -0.1) is 0 Å². The van der Waals surface area contributed by atoms with Crippen LogP contribution in [0.4, 0.5) is 0 Å². The van der Waals surface area contributed by atoms with E-state index in [4.69, 9.17) is 0 Å². The molecular weight excluding hydrogens is 1130 g/mol. The van der Waals surface area contributed by atoms with Crippen LogP contribution in [0.2, 0.25) is 0 Å². The van der Waals surface area contributed by atoms with Crippen LogP contribution in [-0.4, -0.2) is 14.1 Å². The molecule has 7 heterocycles. The van der Waals surface area contributed by atoms with Crippen molar-refractivity contribution in [2.24, 2.45) is 49.3 Å². The third-order valence-corrected chi connectivity index (χ3v) is 16.9. The van der Waals surface area contributed by atoms with Gasteiger partial charge in [-0.1, -0.05) is 109 Å². The number of hydrogen-bond acceptors (Lipinski definition) is 1. The molecule has 0 saturated carbocycles. The molecule has 93 heavy (non-hydrogen) atoms. The highest BCUT2D eigenvalue weighted by molar-refractivity contribution is 5.65. The highest BCUT2D eigenvalue weighted by Gasteiger charge is 2.23. The third kappa shape index (κ3) is 17.7. The lowest BCUT2D eigenvalue weighted by molar-refractivity contribution is -0.660. The summed E-state index contributed by atoms with van der Waals surface area (Å²) in [4.78, 5) is 4.43. The summed E-state index contributed by atoms with van der Waals surface area (Å²) in [5.41, 5.74) is 27.2. The van der Waals surface area contributed by atoms with Crippen LogP contribution >= 0.6 is 0 Å². The van der Waals surface area contributed by atoms with Crippen LogP contribution in [0.1, 0.15) is 55.6 Å². The van der Waals surface area contributed by atoms with E-state index in [1.165, 1.54) is 112 Å². The molecule has 6 aromatic carbocycles. The fourth-order valence-corrected chi connectivity index (χ4v) is 11.5. The molecule has 0 atom stereocenters. The number of hydrogen-bond donors (Lipinski definition) is 0. The van der Waals surface area contributed by atoms with E-state index in [-0.39, 0.29) is 0 Å². The molecule has 0 N–H and O–H groups in total. The van der Waals surface area contributed by atoms with Gasteiger partial charge < -0.3 is 4.57 Å². The predicted molar refractivity (Wildman–Crippen MR) is 382 cm³/mol. The van der Waals surface area contributed by atoms with Gasteiger partial charge in [-0.25, -0.2) is 32.4 Å². The number of aryl methyl sites for hydroxylation is 17. The van der Waals surface area contributed by atoms with Gasteiger partial charge in [0.05, 0.1) is 7.05 Å². The minimum Gasteiger partial charge on any atom is -0.328 e. The fraction of sp³-hybridized carbons (Fsp3) is 0.202. The number of para-hydroxylation sites is 1. The molecule has 0 spiro atoms. The Morgan fingerprint density at radius 1 is 0.301 bits per heavy atom. The SMILES string of the molecule is Cc1cc(-c2ccccc2C)[n+](C)cc1C.Cc1cc[n+](C)c(-c2ccccc2C)c1.Cc1ccc(-c2ccccc2C)[n+](C)c1.Cc1ccccc1-c1c(C)ccc[n+]1C.Cc1ccccc1-c1cccc[n+]1C.Cn1ccnc1-c1n(-c2ccccc2)cc[n+]1C. The highest BCUT2D eigenvalue weighted by atomic mass is 15.2. The Balaban J connectivity index is 0.000000144. The largest absolute Gasteiger partial charge is 0.330 e. The van der Waals surface area contributed by atoms with Gasteiger partial charge in [0.1, 0.15) is 53.3 Å². The van der Waals surface area contributed by atoms with E-state index in [1.54, 1.807) is 0 Å². The van der Waals surface area contributed by atoms with Crippen molar-refractivity contribution in [3.05, 3.63) is 324 Å². The van der Waals surface area contributed by atoms with E-state index in [1.807, 2.05) is 61.5 Å². The first kappa shape index (κ1) is 68.4. The predicted octanol–water partition coefficient (Wildman–Crippen LogP) is 15.7. The molecule has 0 amide bonds. The van der Waals surface area contributed by atoms with Crippen molar-refractivity contribution in [3.8, 4) is 73.6 Å².